The van der Waals surface area contributed by atoms with Crippen molar-refractivity contribution in [3.63, 3.8) is 0 Å². The lowest BCUT2D eigenvalue weighted by molar-refractivity contribution is 0.0532. The maximum absolute atomic E-state index is 12.8. The minimum absolute atomic E-state index is 0.0594. The molecule has 2 N–H and O–H groups in total. The van der Waals surface area contributed by atoms with E-state index in [0.717, 1.165) is 15.6 Å². The molecule has 3 aromatic rings. The fraction of sp³-hybridized carbons (Fsp3) is 0.286. The second-order valence-corrected chi connectivity index (χ2v) is 7.51. The summed E-state index contributed by atoms with van der Waals surface area (Å²) in [7, 11) is 0. The van der Waals surface area contributed by atoms with E-state index in [1.807, 2.05) is 19.1 Å². The minimum Gasteiger partial charge on any atom is -0.462 e. The van der Waals surface area contributed by atoms with Crippen LogP contribution in [-0.4, -0.2) is 29.3 Å². The summed E-state index contributed by atoms with van der Waals surface area (Å²) in [6.07, 6.45) is 0.578. The van der Waals surface area contributed by atoms with Crippen molar-refractivity contribution in [1.82, 2.24) is 4.98 Å². The van der Waals surface area contributed by atoms with Crippen LogP contribution < -0.4 is 5.32 Å². The maximum Gasteiger partial charge on any atom is 0.348 e. The third kappa shape index (κ3) is 3.71. The van der Waals surface area contributed by atoms with Crippen LogP contribution in [0.2, 0.25) is 0 Å². The number of anilines is 1. The van der Waals surface area contributed by atoms with Crippen molar-refractivity contribution >= 4 is 44.8 Å². The number of aromatic amines is 1. The SMILES string of the molecule is CCOC(=O)c1cc2cc(NC(=O)c3[nH]c(C)c(C(C)=O)c3CC)ccc2s1. The summed E-state index contributed by atoms with van der Waals surface area (Å²) in [5.74, 6) is -0.705. The number of amides is 1. The Hall–Kier alpha value is -2.93. The Labute approximate surface area is 166 Å². The fourth-order valence-corrected chi connectivity index (χ4v) is 4.26. The molecule has 0 fully saturated rings. The molecule has 2 aromatic heterocycles. The van der Waals surface area contributed by atoms with E-state index in [4.69, 9.17) is 4.74 Å². The summed E-state index contributed by atoms with van der Waals surface area (Å²) in [5, 5.41) is 3.73. The predicted octanol–water partition coefficient (Wildman–Crippen LogP) is 4.73. The molecule has 7 heteroatoms. The number of H-pyrrole nitrogens is 1. The smallest absolute Gasteiger partial charge is 0.348 e. The molecule has 0 spiro atoms. The number of hydrogen-bond donors (Lipinski definition) is 2. The van der Waals surface area contributed by atoms with Gasteiger partial charge in [0.2, 0.25) is 0 Å². The van der Waals surface area contributed by atoms with Crippen LogP contribution in [0.3, 0.4) is 0 Å². The van der Waals surface area contributed by atoms with Crippen LogP contribution in [0.5, 0.6) is 0 Å². The van der Waals surface area contributed by atoms with Crippen molar-refractivity contribution in [2.24, 2.45) is 0 Å². The molecule has 0 bridgehead atoms. The zero-order valence-electron chi connectivity index (χ0n) is 16.3. The first-order valence-electron chi connectivity index (χ1n) is 9.10. The van der Waals surface area contributed by atoms with Crippen molar-refractivity contribution in [2.75, 3.05) is 11.9 Å². The highest BCUT2D eigenvalue weighted by Crippen LogP contribution is 2.29. The molecule has 0 aliphatic heterocycles. The molecule has 146 valence electrons. The van der Waals surface area contributed by atoms with Crippen LogP contribution in [0, 0.1) is 6.92 Å². The number of carbonyl (C=O) groups excluding carboxylic acids is 3. The van der Waals surface area contributed by atoms with Crippen LogP contribution in [0.1, 0.15) is 62.5 Å². The Kier molecular flexibility index (Phi) is 5.65. The monoisotopic (exact) mass is 398 g/mol. The topological polar surface area (TPSA) is 88.3 Å². The number of thiophene rings is 1. The Balaban J connectivity index is 1.88. The standard InChI is InChI=1S/C21H22N2O4S/c1-5-15-18(12(4)24)11(3)22-19(15)20(25)23-14-7-8-16-13(9-14)10-17(28-16)21(26)27-6-2/h7-10,22H,5-6H2,1-4H3,(H,23,25). The highest BCUT2D eigenvalue weighted by molar-refractivity contribution is 7.20. The molecule has 0 saturated carbocycles. The number of aromatic nitrogens is 1. The molecule has 0 unspecified atom stereocenters. The van der Waals surface area contributed by atoms with Crippen molar-refractivity contribution in [1.29, 1.82) is 0 Å². The summed E-state index contributed by atoms with van der Waals surface area (Å²) in [4.78, 5) is 40.2. The number of nitrogens with one attached hydrogen (secondary N) is 2. The third-order valence-corrected chi connectivity index (χ3v) is 5.57. The molecule has 1 amide bonds. The van der Waals surface area contributed by atoms with E-state index in [2.05, 4.69) is 10.3 Å². The van der Waals surface area contributed by atoms with E-state index < -0.39 is 0 Å². The Morgan fingerprint density at radius 2 is 1.93 bits per heavy atom. The van der Waals surface area contributed by atoms with E-state index in [0.29, 0.717) is 40.5 Å². The van der Waals surface area contributed by atoms with Gasteiger partial charge in [-0.05, 0) is 62.4 Å². The molecular weight excluding hydrogens is 376 g/mol. The minimum atomic E-state index is -0.347. The number of ether oxygens (including phenoxy) is 1. The third-order valence-electron chi connectivity index (χ3n) is 4.47. The van der Waals surface area contributed by atoms with Gasteiger partial charge in [0.15, 0.2) is 5.78 Å². The number of benzene rings is 1. The molecule has 1 aromatic carbocycles. The van der Waals surface area contributed by atoms with Gasteiger partial charge in [-0.15, -0.1) is 11.3 Å². The predicted molar refractivity (Wildman–Crippen MR) is 111 cm³/mol. The summed E-state index contributed by atoms with van der Waals surface area (Å²) in [5.41, 5.74) is 3.03. The summed E-state index contributed by atoms with van der Waals surface area (Å²) in [6, 6.07) is 7.23. The van der Waals surface area contributed by atoms with Gasteiger partial charge in [0.25, 0.3) is 5.91 Å². The van der Waals surface area contributed by atoms with Crippen molar-refractivity contribution < 1.29 is 19.1 Å². The molecule has 3 rings (SSSR count). The van der Waals surface area contributed by atoms with Crippen LogP contribution in [0.4, 0.5) is 5.69 Å². The number of rotatable bonds is 6. The molecule has 0 radical (unpaired) electrons. The van der Waals surface area contributed by atoms with Crippen LogP contribution in [0.25, 0.3) is 10.1 Å². The lowest BCUT2D eigenvalue weighted by Gasteiger charge is -2.06. The molecule has 0 saturated heterocycles. The fourth-order valence-electron chi connectivity index (χ4n) is 3.32. The summed E-state index contributed by atoms with van der Waals surface area (Å²) < 4.78 is 5.97. The van der Waals surface area contributed by atoms with Crippen LogP contribution in [0.15, 0.2) is 24.3 Å². The highest BCUT2D eigenvalue weighted by atomic mass is 32.1. The van der Waals surface area contributed by atoms with Gasteiger partial charge < -0.3 is 15.0 Å². The van der Waals surface area contributed by atoms with Crippen molar-refractivity contribution in [2.45, 2.75) is 34.1 Å². The molecule has 0 aliphatic rings. The van der Waals surface area contributed by atoms with E-state index in [1.54, 1.807) is 26.0 Å². The number of ketones is 1. The maximum atomic E-state index is 12.8. The quantitative estimate of drug-likeness (QED) is 0.464. The summed E-state index contributed by atoms with van der Waals surface area (Å²) in [6.45, 7) is 7.30. The van der Waals surface area contributed by atoms with E-state index >= 15 is 0 Å². The number of esters is 1. The molecule has 6 nitrogen and oxygen atoms in total. The Bertz CT molecular complexity index is 1080. The lowest BCUT2D eigenvalue weighted by atomic mass is 10.0. The van der Waals surface area contributed by atoms with Crippen molar-refractivity contribution in [3.05, 3.63) is 51.7 Å². The van der Waals surface area contributed by atoms with Gasteiger partial charge in [0.05, 0.1) is 6.61 Å². The average molecular weight is 398 g/mol. The van der Waals surface area contributed by atoms with Gasteiger partial charge in [-0.25, -0.2) is 4.79 Å². The largest absolute Gasteiger partial charge is 0.462 e. The van der Waals surface area contributed by atoms with Gasteiger partial charge in [0.1, 0.15) is 10.6 Å². The molecule has 28 heavy (non-hydrogen) atoms. The van der Waals surface area contributed by atoms with E-state index in [9.17, 15) is 14.4 Å². The number of Topliss-reactive ketones (excluding diaryl/α,β-unsaturated/α-hetero) is 1. The molecule has 0 atom stereocenters. The molecular formula is C21H22N2O4S. The van der Waals surface area contributed by atoms with Gasteiger partial charge in [0, 0.05) is 21.6 Å². The highest BCUT2D eigenvalue weighted by Gasteiger charge is 2.22. The van der Waals surface area contributed by atoms with Gasteiger partial charge in [-0.1, -0.05) is 6.92 Å². The van der Waals surface area contributed by atoms with Crippen LogP contribution >= 0.6 is 11.3 Å². The molecule has 2 heterocycles. The second-order valence-electron chi connectivity index (χ2n) is 6.43. The first-order valence-corrected chi connectivity index (χ1v) is 9.91. The van der Waals surface area contributed by atoms with Gasteiger partial charge in [-0.2, -0.15) is 0 Å². The Morgan fingerprint density at radius 3 is 2.57 bits per heavy atom. The number of carbonyl (C=O) groups is 3. The van der Waals surface area contributed by atoms with Gasteiger partial charge in [-0.3, -0.25) is 9.59 Å². The van der Waals surface area contributed by atoms with E-state index in [-0.39, 0.29) is 17.7 Å². The lowest BCUT2D eigenvalue weighted by Crippen LogP contribution is -2.14. The zero-order chi connectivity index (χ0) is 20.4. The molecule has 0 aliphatic carbocycles. The van der Waals surface area contributed by atoms with Crippen LogP contribution in [-0.2, 0) is 11.2 Å². The first-order chi connectivity index (χ1) is 13.3. The summed E-state index contributed by atoms with van der Waals surface area (Å²) >= 11 is 1.35. The number of hydrogen-bond acceptors (Lipinski definition) is 5. The second kappa shape index (κ2) is 7.98. The first kappa shape index (κ1) is 19.8. The number of aryl methyl sites for hydroxylation is 1. The normalized spacial score (nSPS) is 10.9. The van der Waals surface area contributed by atoms with Gasteiger partial charge >= 0.3 is 5.97 Å². The zero-order valence-corrected chi connectivity index (χ0v) is 17.1. The Morgan fingerprint density at radius 1 is 1.18 bits per heavy atom. The van der Waals surface area contributed by atoms with E-state index in [1.165, 1.54) is 18.3 Å². The van der Waals surface area contributed by atoms with Crippen molar-refractivity contribution in [3.8, 4) is 0 Å². The average Bonchev–Trinajstić information content (AvgIpc) is 3.22. The number of fused-ring (bicyclic) bond motifs is 1.